The number of pyridine rings is 1. The molecule has 0 atom stereocenters. The van der Waals surface area contributed by atoms with Crippen molar-refractivity contribution in [2.75, 3.05) is 14.2 Å². The SMILES string of the molecule is CN=C(NCc1ccc(OC)c(Br)c1)NCc1ccccn1. The van der Waals surface area contributed by atoms with Crippen molar-refractivity contribution in [1.82, 2.24) is 15.6 Å². The Bertz CT molecular complexity index is 631. The molecule has 6 heteroatoms. The van der Waals surface area contributed by atoms with Crippen molar-refractivity contribution < 1.29 is 4.74 Å². The minimum Gasteiger partial charge on any atom is -0.496 e. The van der Waals surface area contributed by atoms with Gasteiger partial charge in [-0.2, -0.15) is 0 Å². The number of nitrogens with zero attached hydrogens (tertiary/aromatic N) is 2. The van der Waals surface area contributed by atoms with E-state index in [4.69, 9.17) is 4.74 Å². The molecule has 1 aromatic carbocycles. The number of rotatable bonds is 5. The number of hydrogen-bond acceptors (Lipinski definition) is 3. The summed E-state index contributed by atoms with van der Waals surface area (Å²) in [5.74, 6) is 1.55. The predicted molar refractivity (Wildman–Crippen MR) is 92.0 cm³/mol. The maximum absolute atomic E-state index is 5.22. The Morgan fingerprint density at radius 2 is 2.05 bits per heavy atom. The molecule has 0 saturated heterocycles. The van der Waals surface area contributed by atoms with E-state index >= 15 is 0 Å². The highest BCUT2D eigenvalue weighted by Crippen LogP contribution is 2.25. The molecule has 0 aliphatic heterocycles. The Balaban J connectivity index is 1.87. The van der Waals surface area contributed by atoms with E-state index in [1.807, 2.05) is 36.4 Å². The van der Waals surface area contributed by atoms with Crippen molar-refractivity contribution in [3.63, 3.8) is 0 Å². The van der Waals surface area contributed by atoms with E-state index in [9.17, 15) is 0 Å². The van der Waals surface area contributed by atoms with Gasteiger partial charge in [-0.25, -0.2) is 0 Å². The van der Waals surface area contributed by atoms with Crippen molar-refractivity contribution >= 4 is 21.9 Å². The fraction of sp³-hybridized carbons (Fsp3) is 0.250. The highest BCUT2D eigenvalue weighted by molar-refractivity contribution is 9.10. The molecule has 5 nitrogen and oxygen atoms in total. The van der Waals surface area contributed by atoms with Gasteiger partial charge in [0.2, 0.25) is 0 Å². The minimum atomic E-state index is 0.632. The third kappa shape index (κ3) is 4.73. The Morgan fingerprint density at radius 1 is 1.23 bits per heavy atom. The number of ether oxygens (including phenoxy) is 1. The second kappa shape index (κ2) is 8.38. The molecule has 0 amide bonds. The van der Waals surface area contributed by atoms with Gasteiger partial charge in [0, 0.05) is 19.8 Å². The molecule has 22 heavy (non-hydrogen) atoms. The molecule has 0 aliphatic rings. The van der Waals surface area contributed by atoms with Crippen LogP contribution in [0.1, 0.15) is 11.3 Å². The van der Waals surface area contributed by atoms with E-state index in [0.717, 1.165) is 27.4 Å². The van der Waals surface area contributed by atoms with Gasteiger partial charge in [-0.05, 0) is 45.8 Å². The van der Waals surface area contributed by atoms with Crippen LogP contribution in [0.5, 0.6) is 5.75 Å². The summed E-state index contributed by atoms with van der Waals surface area (Å²) >= 11 is 3.49. The third-order valence-electron chi connectivity index (χ3n) is 3.06. The first kappa shape index (κ1) is 16.3. The lowest BCUT2D eigenvalue weighted by atomic mass is 10.2. The highest BCUT2D eigenvalue weighted by atomic mass is 79.9. The molecule has 0 saturated carbocycles. The van der Waals surface area contributed by atoms with Crippen LogP contribution in [-0.4, -0.2) is 25.1 Å². The Kier molecular flexibility index (Phi) is 6.21. The van der Waals surface area contributed by atoms with Crippen LogP contribution >= 0.6 is 15.9 Å². The Hall–Kier alpha value is -2.08. The first-order chi connectivity index (χ1) is 10.7. The molecule has 0 radical (unpaired) electrons. The third-order valence-corrected chi connectivity index (χ3v) is 3.68. The number of hydrogen-bond donors (Lipinski definition) is 2. The summed E-state index contributed by atoms with van der Waals surface area (Å²) < 4.78 is 6.16. The van der Waals surface area contributed by atoms with Gasteiger partial charge >= 0.3 is 0 Å². The molecular weight excluding hydrogens is 344 g/mol. The van der Waals surface area contributed by atoms with Crippen molar-refractivity contribution in [3.8, 4) is 5.75 Å². The number of nitrogens with one attached hydrogen (secondary N) is 2. The van der Waals surface area contributed by atoms with Crippen LogP contribution in [0.2, 0.25) is 0 Å². The summed E-state index contributed by atoms with van der Waals surface area (Å²) in [5, 5.41) is 6.50. The minimum absolute atomic E-state index is 0.632. The molecule has 0 unspecified atom stereocenters. The van der Waals surface area contributed by atoms with Gasteiger partial charge in [0.25, 0.3) is 0 Å². The average Bonchev–Trinajstić information content (AvgIpc) is 2.56. The van der Waals surface area contributed by atoms with E-state index < -0.39 is 0 Å². The molecule has 2 rings (SSSR count). The first-order valence-corrected chi connectivity index (χ1v) is 7.69. The first-order valence-electron chi connectivity index (χ1n) is 6.89. The number of methoxy groups -OCH3 is 1. The van der Waals surface area contributed by atoms with E-state index in [2.05, 4.69) is 36.5 Å². The molecular formula is C16H19BrN4O. The van der Waals surface area contributed by atoms with Crippen LogP contribution in [0.15, 0.2) is 52.1 Å². The van der Waals surface area contributed by atoms with Crippen LogP contribution in [0.25, 0.3) is 0 Å². The quantitative estimate of drug-likeness (QED) is 0.634. The molecule has 0 fully saturated rings. The monoisotopic (exact) mass is 362 g/mol. The standard InChI is InChI=1S/C16H19BrN4O/c1-18-16(21-11-13-5-3-4-8-19-13)20-10-12-6-7-15(22-2)14(17)9-12/h3-9H,10-11H2,1-2H3,(H2,18,20,21). The van der Waals surface area contributed by atoms with Gasteiger partial charge in [0.15, 0.2) is 5.96 Å². The largest absolute Gasteiger partial charge is 0.496 e. The zero-order valence-electron chi connectivity index (χ0n) is 12.6. The predicted octanol–water partition coefficient (Wildman–Crippen LogP) is 2.72. The van der Waals surface area contributed by atoms with E-state index in [0.29, 0.717) is 13.1 Å². The molecule has 1 aromatic heterocycles. The lowest BCUT2D eigenvalue weighted by molar-refractivity contribution is 0.412. The van der Waals surface area contributed by atoms with Crippen LogP contribution in [0.4, 0.5) is 0 Å². The van der Waals surface area contributed by atoms with Crippen molar-refractivity contribution in [3.05, 3.63) is 58.3 Å². The topological polar surface area (TPSA) is 58.5 Å². The van der Waals surface area contributed by atoms with Gasteiger partial charge in [0.1, 0.15) is 5.75 Å². The van der Waals surface area contributed by atoms with Crippen molar-refractivity contribution in [2.24, 2.45) is 4.99 Å². The smallest absolute Gasteiger partial charge is 0.191 e. The average molecular weight is 363 g/mol. The van der Waals surface area contributed by atoms with Crippen molar-refractivity contribution in [1.29, 1.82) is 0 Å². The van der Waals surface area contributed by atoms with Gasteiger partial charge in [0.05, 0.1) is 23.8 Å². The van der Waals surface area contributed by atoms with Gasteiger partial charge in [-0.15, -0.1) is 0 Å². The molecule has 116 valence electrons. The van der Waals surface area contributed by atoms with Crippen LogP contribution in [0, 0.1) is 0 Å². The molecule has 0 aliphatic carbocycles. The highest BCUT2D eigenvalue weighted by Gasteiger charge is 2.03. The lowest BCUT2D eigenvalue weighted by Gasteiger charge is -2.12. The van der Waals surface area contributed by atoms with E-state index in [1.165, 1.54) is 0 Å². The summed E-state index contributed by atoms with van der Waals surface area (Å²) in [6.07, 6.45) is 1.78. The fourth-order valence-corrected chi connectivity index (χ4v) is 2.49. The maximum Gasteiger partial charge on any atom is 0.191 e. The fourth-order valence-electron chi connectivity index (χ4n) is 1.90. The zero-order valence-corrected chi connectivity index (χ0v) is 14.2. The van der Waals surface area contributed by atoms with Gasteiger partial charge in [-0.1, -0.05) is 12.1 Å². The number of aromatic nitrogens is 1. The van der Waals surface area contributed by atoms with Crippen LogP contribution in [-0.2, 0) is 13.1 Å². The van der Waals surface area contributed by atoms with Crippen LogP contribution in [0.3, 0.4) is 0 Å². The summed E-state index contributed by atoms with van der Waals surface area (Å²) in [4.78, 5) is 8.47. The normalized spacial score (nSPS) is 11.1. The Labute approximate surface area is 139 Å². The Morgan fingerprint density at radius 3 is 2.68 bits per heavy atom. The molecule has 0 bridgehead atoms. The summed E-state index contributed by atoms with van der Waals surface area (Å²) in [6.45, 7) is 1.30. The second-order valence-electron chi connectivity index (χ2n) is 4.57. The number of aliphatic imine (C=N–C) groups is 1. The van der Waals surface area contributed by atoms with Crippen LogP contribution < -0.4 is 15.4 Å². The van der Waals surface area contributed by atoms with Crippen molar-refractivity contribution in [2.45, 2.75) is 13.1 Å². The molecule has 0 spiro atoms. The van der Waals surface area contributed by atoms with E-state index in [-0.39, 0.29) is 0 Å². The second-order valence-corrected chi connectivity index (χ2v) is 5.42. The van der Waals surface area contributed by atoms with E-state index in [1.54, 1.807) is 20.4 Å². The maximum atomic E-state index is 5.22. The summed E-state index contributed by atoms with van der Waals surface area (Å²) in [5.41, 5.74) is 2.10. The number of benzene rings is 1. The van der Waals surface area contributed by atoms with Gasteiger partial charge in [-0.3, -0.25) is 9.98 Å². The number of guanidine groups is 1. The summed E-state index contributed by atoms with van der Waals surface area (Å²) in [7, 11) is 3.40. The molecule has 2 N–H and O–H groups in total. The lowest BCUT2D eigenvalue weighted by Crippen LogP contribution is -2.36. The summed E-state index contributed by atoms with van der Waals surface area (Å²) in [6, 6.07) is 11.8. The molecule has 2 aromatic rings. The van der Waals surface area contributed by atoms with Gasteiger partial charge < -0.3 is 15.4 Å². The number of halogens is 1. The molecule has 1 heterocycles. The zero-order chi connectivity index (χ0) is 15.8.